The quantitative estimate of drug-likeness (QED) is 0.860. The molecule has 0 amide bonds. The van der Waals surface area contributed by atoms with Crippen LogP contribution in [0.4, 0.5) is 0 Å². The molecule has 0 aliphatic heterocycles. The SMILES string of the molecule is CNCc1ccc(Sc2ccccc2)cc1. The third kappa shape index (κ3) is 3.12. The van der Waals surface area contributed by atoms with Crippen LogP contribution in [-0.4, -0.2) is 7.05 Å². The molecule has 0 atom stereocenters. The lowest BCUT2D eigenvalue weighted by molar-refractivity contribution is 0.817. The van der Waals surface area contributed by atoms with Gasteiger partial charge in [0.25, 0.3) is 0 Å². The Balaban J connectivity index is 2.05. The van der Waals surface area contributed by atoms with Crippen molar-refractivity contribution in [1.82, 2.24) is 5.32 Å². The monoisotopic (exact) mass is 229 g/mol. The molecule has 0 unspecified atom stereocenters. The molecule has 0 bridgehead atoms. The minimum Gasteiger partial charge on any atom is -0.316 e. The normalized spacial score (nSPS) is 10.3. The van der Waals surface area contributed by atoms with Gasteiger partial charge in [0.1, 0.15) is 0 Å². The number of nitrogens with one attached hydrogen (secondary N) is 1. The van der Waals surface area contributed by atoms with Crippen LogP contribution in [0.15, 0.2) is 64.4 Å². The van der Waals surface area contributed by atoms with Gasteiger partial charge in [0.15, 0.2) is 0 Å². The highest BCUT2D eigenvalue weighted by atomic mass is 32.2. The van der Waals surface area contributed by atoms with E-state index in [9.17, 15) is 0 Å². The molecular formula is C14H15NS. The molecular weight excluding hydrogens is 214 g/mol. The van der Waals surface area contributed by atoms with E-state index in [1.54, 1.807) is 11.8 Å². The molecule has 2 aromatic rings. The summed E-state index contributed by atoms with van der Waals surface area (Å²) in [7, 11) is 1.96. The van der Waals surface area contributed by atoms with Crippen LogP contribution < -0.4 is 5.32 Å². The molecule has 2 aromatic carbocycles. The van der Waals surface area contributed by atoms with Crippen molar-refractivity contribution in [3.05, 3.63) is 60.2 Å². The van der Waals surface area contributed by atoms with Crippen molar-refractivity contribution in [3.63, 3.8) is 0 Å². The zero-order chi connectivity index (χ0) is 11.2. The van der Waals surface area contributed by atoms with Crippen LogP contribution in [0.2, 0.25) is 0 Å². The molecule has 0 heterocycles. The maximum atomic E-state index is 3.15. The smallest absolute Gasteiger partial charge is 0.0202 e. The van der Waals surface area contributed by atoms with E-state index < -0.39 is 0 Å². The Hall–Kier alpha value is -1.25. The molecule has 0 spiro atoms. The van der Waals surface area contributed by atoms with Crippen molar-refractivity contribution in [2.24, 2.45) is 0 Å². The predicted octanol–water partition coefficient (Wildman–Crippen LogP) is 3.56. The third-order valence-corrected chi connectivity index (χ3v) is 3.30. The topological polar surface area (TPSA) is 12.0 Å². The summed E-state index contributed by atoms with van der Waals surface area (Å²) in [6.07, 6.45) is 0. The summed E-state index contributed by atoms with van der Waals surface area (Å²) in [6, 6.07) is 19.1. The van der Waals surface area contributed by atoms with Gasteiger partial charge in [-0.1, -0.05) is 42.1 Å². The average Bonchev–Trinajstić information content (AvgIpc) is 2.33. The van der Waals surface area contributed by atoms with Crippen LogP contribution in [0.3, 0.4) is 0 Å². The standard InChI is InChI=1S/C14H15NS/c1-15-11-12-7-9-14(10-8-12)16-13-5-3-2-4-6-13/h2-10,15H,11H2,1H3. The van der Waals surface area contributed by atoms with Crippen LogP contribution >= 0.6 is 11.8 Å². The van der Waals surface area contributed by atoms with E-state index in [-0.39, 0.29) is 0 Å². The van der Waals surface area contributed by atoms with Crippen LogP contribution in [0.25, 0.3) is 0 Å². The fourth-order valence-corrected chi connectivity index (χ4v) is 2.34. The van der Waals surface area contributed by atoms with Crippen LogP contribution in [0.1, 0.15) is 5.56 Å². The summed E-state index contributed by atoms with van der Waals surface area (Å²) >= 11 is 1.79. The molecule has 0 saturated carbocycles. The number of benzene rings is 2. The predicted molar refractivity (Wildman–Crippen MR) is 69.8 cm³/mol. The van der Waals surface area contributed by atoms with Gasteiger partial charge < -0.3 is 5.32 Å². The minimum absolute atomic E-state index is 0.927. The Labute approximate surface area is 101 Å². The van der Waals surface area contributed by atoms with Crippen LogP contribution in [-0.2, 0) is 6.54 Å². The second kappa shape index (κ2) is 5.73. The van der Waals surface area contributed by atoms with Gasteiger partial charge in [0.05, 0.1) is 0 Å². The van der Waals surface area contributed by atoms with Gasteiger partial charge >= 0.3 is 0 Å². The molecule has 82 valence electrons. The summed E-state index contributed by atoms with van der Waals surface area (Å²) in [5.74, 6) is 0. The first-order valence-electron chi connectivity index (χ1n) is 5.35. The first-order valence-corrected chi connectivity index (χ1v) is 6.16. The molecule has 2 heteroatoms. The molecule has 0 saturated heterocycles. The van der Waals surface area contributed by atoms with E-state index in [0.29, 0.717) is 0 Å². The Kier molecular flexibility index (Phi) is 4.03. The zero-order valence-corrected chi connectivity index (χ0v) is 10.1. The Bertz CT molecular complexity index is 422. The van der Waals surface area contributed by atoms with Gasteiger partial charge in [-0.15, -0.1) is 0 Å². The van der Waals surface area contributed by atoms with Gasteiger partial charge in [-0.25, -0.2) is 0 Å². The van der Waals surface area contributed by atoms with Gasteiger partial charge in [-0.2, -0.15) is 0 Å². The van der Waals surface area contributed by atoms with E-state index in [2.05, 4.69) is 53.8 Å². The molecule has 2 rings (SSSR count). The molecule has 0 aliphatic carbocycles. The highest BCUT2D eigenvalue weighted by Gasteiger charge is 1.96. The highest BCUT2D eigenvalue weighted by molar-refractivity contribution is 7.99. The molecule has 1 nitrogen and oxygen atoms in total. The van der Waals surface area contributed by atoms with Crippen molar-refractivity contribution in [2.45, 2.75) is 16.3 Å². The van der Waals surface area contributed by atoms with E-state index >= 15 is 0 Å². The first kappa shape index (κ1) is 11.2. The van der Waals surface area contributed by atoms with Crippen LogP contribution in [0, 0.1) is 0 Å². The molecule has 16 heavy (non-hydrogen) atoms. The molecule has 0 aliphatic rings. The van der Waals surface area contributed by atoms with Gasteiger partial charge in [0.2, 0.25) is 0 Å². The summed E-state index contributed by atoms with van der Waals surface area (Å²) in [6.45, 7) is 0.927. The molecule has 0 radical (unpaired) electrons. The summed E-state index contributed by atoms with van der Waals surface area (Å²) < 4.78 is 0. The average molecular weight is 229 g/mol. The van der Waals surface area contributed by atoms with E-state index in [4.69, 9.17) is 0 Å². The highest BCUT2D eigenvalue weighted by Crippen LogP contribution is 2.27. The first-order chi connectivity index (χ1) is 7.88. The lowest BCUT2D eigenvalue weighted by Crippen LogP contribution is -2.04. The van der Waals surface area contributed by atoms with Crippen molar-refractivity contribution < 1.29 is 0 Å². The van der Waals surface area contributed by atoms with Crippen molar-refractivity contribution in [1.29, 1.82) is 0 Å². The number of hydrogen-bond acceptors (Lipinski definition) is 2. The Morgan fingerprint density at radius 1 is 0.875 bits per heavy atom. The minimum atomic E-state index is 0.927. The second-order valence-corrected chi connectivity index (χ2v) is 4.74. The lowest BCUT2D eigenvalue weighted by atomic mass is 10.2. The molecule has 0 fully saturated rings. The molecule has 1 N–H and O–H groups in total. The second-order valence-electron chi connectivity index (χ2n) is 3.59. The molecule has 0 aromatic heterocycles. The van der Waals surface area contributed by atoms with E-state index in [0.717, 1.165) is 6.54 Å². The van der Waals surface area contributed by atoms with Crippen molar-refractivity contribution in [2.75, 3.05) is 7.05 Å². The van der Waals surface area contributed by atoms with E-state index in [1.165, 1.54) is 15.4 Å². The van der Waals surface area contributed by atoms with Crippen LogP contribution in [0.5, 0.6) is 0 Å². The summed E-state index contributed by atoms with van der Waals surface area (Å²) in [5, 5.41) is 3.15. The van der Waals surface area contributed by atoms with Crippen molar-refractivity contribution in [3.8, 4) is 0 Å². The Morgan fingerprint density at radius 3 is 2.12 bits per heavy atom. The zero-order valence-electron chi connectivity index (χ0n) is 9.31. The lowest BCUT2D eigenvalue weighted by Gasteiger charge is -2.03. The fourth-order valence-electron chi connectivity index (χ4n) is 1.50. The van der Waals surface area contributed by atoms with Gasteiger partial charge in [-0.3, -0.25) is 0 Å². The maximum absolute atomic E-state index is 3.15. The van der Waals surface area contributed by atoms with Gasteiger partial charge in [0, 0.05) is 16.3 Å². The Morgan fingerprint density at radius 2 is 1.50 bits per heavy atom. The third-order valence-electron chi connectivity index (χ3n) is 2.28. The maximum Gasteiger partial charge on any atom is 0.0202 e. The van der Waals surface area contributed by atoms with Gasteiger partial charge in [-0.05, 0) is 36.9 Å². The number of hydrogen-bond donors (Lipinski definition) is 1. The van der Waals surface area contributed by atoms with E-state index in [1.807, 2.05) is 13.1 Å². The fraction of sp³-hybridized carbons (Fsp3) is 0.143. The van der Waals surface area contributed by atoms with Crippen molar-refractivity contribution >= 4 is 11.8 Å². The largest absolute Gasteiger partial charge is 0.316 e. The summed E-state index contributed by atoms with van der Waals surface area (Å²) in [4.78, 5) is 2.56. The summed E-state index contributed by atoms with van der Waals surface area (Å²) in [5.41, 5.74) is 1.32. The number of rotatable bonds is 4.